The summed E-state index contributed by atoms with van der Waals surface area (Å²) in [6.45, 7) is 8.61. The molecule has 0 saturated heterocycles. The van der Waals surface area contributed by atoms with Gasteiger partial charge in [-0.15, -0.1) is 11.3 Å². The Morgan fingerprint density at radius 1 is 1.13 bits per heavy atom. The minimum atomic E-state index is 0.552. The second-order valence-electron chi connectivity index (χ2n) is 6.89. The lowest BCUT2D eigenvalue weighted by molar-refractivity contribution is 0.404. The van der Waals surface area contributed by atoms with Crippen molar-refractivity contribution in [3.63, 3.8) is 0 Å². The van der Waals surface area contributed by atoms with Crippen molar-refractivity contribution < 1.29 is 9.47 Å². The number of hydrogen-bond acceptors (Lipinski definition) is 5. The van der Waals surface area contributed by atoms with E-state index in [-0.39, 0.29) is 0 Å². The summed E-state index contributed by atoms with van der Waals surface area (Å²) < 4.78 is 12.9. The minimum absolute atomic E-state index is 0.552. The van der Waals surface area contributed by atoms with Gasteiger partial charge in [0.25, 0.3) is 0 Å². The normalized spacial score (nSPS) is 11.8. The first kappa shape index (κ1) is 21.6. The molecule has 156 valence electrons. The maximum absolute atomic E-state index is 5.59. The number of ether oxygens (including phenoxy) is 2. The molecule has 0 aliphatic rings. The van der Waals surface area contributed by atoms with Crippen molar-refractivity contribution in [2.24, 2.45) is 10.1 Å². The van der Waals surface area contributed by atoms with E-state index in [9.17, 15) is 0 Å². The predicted octanol–water partition coefficient (Wildman–Crippen LogP) is 5.16. The summed E-state index contributed by atoms with van der Waals surface area (Å²) in [5.41, 5.74) is 5.10. The van der Waals surface area contributed by atoms with Gasteiger partial charge >= 0.3 is 0 Å². The number of nitrogens with zero attached hydrogens (tertiary/aromatic N) is 3. The number of thiazole rings is 1. The quantitative estimate of drug-likeness (QED) is 0.373. The molecule has 6 heteroatoms. The molecule has 1 heterocycles. The molecule has 0 amide bonds. The highest BCUT2D eigenvalue weighted by molar-refractivity contribution is 7.07. The molecule has 0 atom stereocenters. The molecule has 0 fully saturated rings. The Labute approximate surface area is 181 Å². The van der Waals surface area contributed by atoms with Gasteiger partial charge < -0.3 is 9.47 Å². The molecule has 3 aromatic rings. The Morgan fingerprint density at radius 3 is 2.53 bits per heavy atom. The summed E-state index contributed by atoms with van der Waals surface area (Å²) in [7, 11) is 3.31. The van der Waals surface area contributed by atoms with E-state index in [1.54, 1.807) is 14.2 Å². The zero-order chi connectivity index (χ0) is 21.5. The van der Waals surface area contributed by atoms with E-state index in [4.69, 9.17) is 14.6 Å². The molecule has 1 aromatic heterocycles. The standard InChI is InChI=1S/C24H27N3O2S/c1-6-18-7-9-19(10-8-18)15-26-27-22(16-30-24(27)25-14-17(2)3)21-13-20(28-4)11-12-23(21)29-5/h7-13,15-16H,2,6,14H2,1,3-5H3. The molecule has 0 aliphatic carbocycles. The topological polar surface area (TPSA) is 48.1 Å². The second-order valence-corrected chi connectivity index (χ2v) is 7.73. The van der Waals surface area contributed by atoms with Crippen LogP contribution in [-0.4, -0.2) is 31.7 Å². The Balaban J connectivity index is 2.11. The third kappa shape index (κ3) is 5.07. The molecular formula is C24H27N3O2S. The largest absolute Gasteiger partial charge is 0.497 e. The lowest BCUT2D eigenvalue weighted by atomic mass is 10.1. The second kappa shape index (κ2) is 10.1. The fourth-order valence-electron chi connectivity index (χ4n) is 2.89. The number of benzene rings is 2. The van der Waals surface area contributed by atoms with E-state index in [2.05, 4.69) is 42.8 Å². The molecule has 3 rings (SSSR count). The van der Waals surface area contributed by atoms with Crippen molar-refractivity contribution >= 4 is 17.6 Å². The van der Waals surface area contributed by atoms with Crippen LogP contribution in [-0.2, 0) is 6.42 Å². The van der Waals surface area contributed by atoms with Crippen LogP contribution < -0.4 is 14.3 Å². The molecule has 0 spiro atoms. The number of hydrogen-bond donors (Lipinski definition) is 0. The van der Waals surface area contributed by atoms with Gasteiger partial charge in [-0.3, -0.25) is 4.99 Å². The third-order valence-electron chi connectivity index (χ3n) is 4.56. The molecule has 0 saturated carbocycles. The maximum atomic E-state index is 5.59. The molecule has 2 aromatic carbocycles. The number of rotatable bonds is 8. The van der Waals surface area contributed by atoms with Gasteiger partial charge in [0.1, 0.15) is 11.5 Å². The Bertz CT molecular complexity index is 1110. The Morgan fingerprint density at radius 2 is 1.90 bits per heavy atom. The fourth-order valence-corrected chi connectivity index (χ4v) is 3.71. The molecule has 30 heavy (non-hydrogen) atoms. The molecule has 0 unspecified atom stereocenters. The highest BCUT2D eigenvalue weighted by Gasteiger charge is 2.14. The van der Waals surface area contributed by atoms with Gasteiger partial charge in [-0.2, -0.15) is 5.10 Å². The summed E-state index contributed by atoms with van der Waals surface area (Å²) in [5, 5.41) is 6.79. The van der Waals surface area contributed by atoms with E-state index in [1.807, 2.05) is 41.4 Å². The zero-order valence-electron chi connectivity index (χ0n) is 17.9. The van der Waals surface area contributed by atoms with Crippen LogP contribution in [0.25, 0.3) is 11.3 Å². The van der Waals surface area contributed by atoms with Crippen molar-refractivity contribution in [3.8, 4) is 22.8 Å². The van der Waals surface area contributed by atoms with Crippen LogP contribution in [0, 0.1) is 0 Å². The number of methoxy groups -OCH3 is 2. The molecule has 5 nitrogen and oxygen atoms in total. The first-order valence-electron chi connectivity index (χ1n) is 9.76. The Kier molecular flexibility index (Phi) is 7.25. The van der Waals surface area contributed by atoms with Crippen LogP contribution in [0.15, 0.2) is 70.1 Å². The van der Waals surface area contributed by atoms with Crippen molar-refractivity contribution in [1.29, 1.82) is 0 Å². The van der Waals surface area contributed by atoms with E-state index in [0.717, 1.165) is 45.1 Å². The van der Waals surface area contributed by atoms with Crippen molar-refractivity contribution in [1.82, 2.24) is 4.68 Å². The average molecular weight is 422 g/mol. The van der Waals surface area contributed by atoms with Crippen molar-refractivity contribution in [3.05, 3.63) is 75.9 Å². The zero-order valence-corrected chi connectivity index (χ0v) is 18.7. The first-order valence-corrected chi connectivity index (χ1v) is 10.6. The van der Waals surface area contributed by atoms with Gasteiger partial charge in [0.15, 0.2) is 0 Å². The highest BCUT2D eigenvalue weighted by atomic mass is 32.1. The summed E-state index contributed by atoms with van der Waals surface area (Å²) in [4.78, 5) is 5.48. The molecular weight excluding hydrogens is 394 g/mol. The van der Waals surface area contributed by atoms with Crippen LogP contribution >= 0.6 is 11.3 Å². The summed E-state index contributed by atoms with van der Waals surface area (Å²) >= 11 is 1.53. The van der Waals surface area contributed by atoms with E-state index < -0.39 is 0 Å². The SMILES string of the molecule is C=C(C)CN=c1scc(-c2cc(OC)ccc2OC)n1N=Cc1ccc(CC)cc1. The highest BCUT2D eigenvalue weighted by Crippen LogP contribution is 2.33. The van der Waals surface area contributed by atoms with Crippen LogP contribution in [0.4, 0.5) is 0 Å². The van der Waals surface area contributed by atoms with Crippen molar-refractivity contribution in [2.45, 2.75) is 20.3 Å². The Hall–Kier alpha value is -3.12. The fraction of sp³-hybridized carbons (Fsp3) is 0.250. The van der Waals surface area contributed by atoms with Crippen LogP contribution in [0.5, 0.6) is 11.5 Å². The van der Waals surface area contributed by atoms with Gasteiger partial charge in [-0.05, 0) is 42.7 Å². The van der Waals surface area contributed by atoms with Crippen LogP contribution in [0.3, 0.4) is 0 Å². The van der Waals surface area contributed by atoms with Crippen LogP contribution in [0.2, 0.25) is 0 Å². The van der Waals surface area contributed by atoms with E-state index in [1.165, 1.54) is 16.9 Å². The molecule has 0 bridgehead atoms. The first-order chi connectivity index (χ1) is 14.5. The lowest BCUT2D eigenvalue weighted by Crippen LogP contribution is -2.13. The molecule has 0 radical (unpaired) electrons. The number of aromatic nitrogens is 1. The van der Waals surface area contributed by atoms with Gasteiger partial charge in [0.2, 0.25) is 4.80 Å². The maximum Gasteiger partial charge on any atom is 0.206 e. The van der Waals surface area contributed by atoms with Crippen LogP contribution in [0.1, 0.15) is 25.0 Å². The van der Waals surface area contributed by atoms with Gasteiger partial charge in [-0.25, -0.2) is 4.68 Å². The van der Waals surface area contributed by atoms with E-state index in [0.29, 0.717) is 6.54 Å². The van der Waals surface area contributed by atoms with E-state index >= 15 is 0 Å². The lowest BCUT2D eigenvalue weighted by Gasteiger charge is -2.11. The average Bonchev–Trinajstić information content (AvgIpc) is 3.18. The minimum Gasteiger partial charge on any atom is -0.497 e. The summed E-state index contributed by atoms with van der Waals surface area (Å²) in [6, 6.07) is 14.1. The van der Waals surface area contributed by atoms with Crippen molar-refractivity contribution in [2.75, 3.05) is 20.8 Å². The predicted molar refractivity (Wildman–Crippen MR) is 125 cm³/mol. The smallest absolute Gasteiger partial charge is 0.206 e. The molecule has 0 aliphatic heterocycles. The van der Waals surface area contributed by atoms with Gasteiger partial charge in [0.05, 0.1) is 32.7 Å². The number of aryl methyl sites for hydroxylation is 1. The monoisotopic (exact) mass is 421 g/mol. The third-order valence-corrected chi connectivity index (χ3v) is 5.42. The summed E-state index contributed by atoms with van der Waals surface area (Å²) in [5.74, 6) is 1.50. The van der Waals surface area contributed by atoms with Gasteiger partial charge in [0, 0.05) is 10.9 Å². The van der Waals surface area contributed by atoms with Gasteiger partial charge in [-0.1, -0.05) is 43.3 Å². The molecule has 0 N–H and O–H groups in total. The summed E-state index contributed by atoms with van der Waals surface area (Å²) in [6.07, 6.45) is 2.86.